The summed E-state index contributed by atoms with van der Waals surface area (Å²) in [6.07, 6.45) is 0. The van der Waals surface area contributed by atoms with E-state index < -0.39 is 0 Å². The third kappa shape index (κ3) is 3.61. The molecular weight excluding hydrogens is 292 g/mol. The predicted octanol–water partition coefficient (Wildman–Crippen LogP) is 2.97. The number of anilines is 1. The number of nitrogens with one attached hydrogen (secondary N) is 2. The van der Waals surface area contributed by atoms with E-state index in [9.17, 15) is 4.79 Å². The minimum absolute atomic E-state index is 0.00138. The van der Waals surface area contributed by atoms with Crippen LogP contribution in [0.25, 0.3) is 0 Å². The largest absolute Gasteiger partial charge is 0.322 e. The van der Waals surface area contributed by atoms with Crippen molar-refractivity contribution in [2.45, 2.75) is 33.4 Å². The normalized spacial score (nSPS) is 10.8. The highest BCUT2D eigenvalue weighted by Crippen LogP contribution is 2.23. The summed E-state index contributed by atoms with van der Waals surface area (Å²) in [6, 6.07) is 0. The average Bonchev–Trinajstić information content (AvgIpc) is 2.86. The SMILES string of the molecule is Cc1nc(C)c(CSCC(=O)Nc2c(C)n[nH]c2C)s1. The fraction of sp³-hybridized carbons (Fsp3) is 0.462. The lowest BCUT2D eigenvalue weighted by molar-refractivity contribution is -0.113. The number of hydrogen-bond donors (Lipinski definition) is 2. The van der Waals surface area contributed by atoms with Gasteiger partial charge in [0.15, 0.2) is 0 Å². The maximum absolute atomic E-state index is 11.9. The van der Waals surface area contributed by atoms with Gasteiger partial charge in [0, 0.05) is 10.6 Å². The van der Waals surface area contributed by atoms with Crippen LogP contribution in [0.15, 0.2) is 0 Å². The van der Waals surface area contributed by atoms with Crippen molar-refractivity contribution in [3.8, 4) is 0 Å². The van der Waals surface area contributed by atoms with Crippen LogP contribution in [-0.2, 0) is 10.5 Å². The van der Waals surface area contributed by atoms with E-state index in [1.807, 2.05) is 27.7 Å². The molecule has 2 heterocycles. The average molecular weight is 310 g/mol. The number of thioether (sulfide) groups is 1. The van der Waals surface area contributed by atoms with E-state index in [0.29, 0.717) is 5.75 Å². The maximum Gasteiger partial charge on any atom is 0.234 e. The molecule has 0 atom stereocenters. The maximum atomic E-state index is 11.9. The molecule has 2 aromatic heterocycles. The topological polar surface area (TPSA) is 70.7 Å². The summed E-state index contributed by atoms with van der Waals surface area (Å²) >= 11 is 3.30. The fourth-order valence-corrected chi connectivity index (χ4v) is 3.83. The molecule has 108 valence electrons. The van der Waals surface area contributed by atoms with Gasteiger partial charge in [-0.15, -0.1) is 23.1 Å². The molecule has 2 aromatic rings. The number of H-pyrrole nitrogens is 1. The number of nitrogens with zero attached hydrogens (tertiary/aromatic N) is 2. The number of rotatable bonds is 5. The molecule has 2 rings (SSSR count). The third-order valence-corrected chi connectivity index (χ3v) is 5.07. The number of aryl methyl sites for hydroxylation is 4. The molecule has 0 aliphatic carbocycles. The first kappa shape index (κ1) is 15.1. The number of hydrogen-bond acceptors (Lipinski definition) is 5. The molecule has 0 saturated heterocycles. The molecule has 20 heavy (non-hydrogen) atoms. The summed E-state index contributed by atoms with van der Waals surface area (Å²) in [6.45, 7) is 7.78. The highest BCUT2D eigenvalue weighted by atomic mass is 32.2. The Bertz CT molecular complexity index is 598. The fourth-order valence-electron chi connectivity index (χ4n) is 1.85. The van der Waals surface area contributed by atoms with Crippen molar-refractivity contribution < 1.29 is 4.79 Å². The molecule has 7 heteroatoms. The first-order chi connectivity index (χ1) is 9.47. The van der Waals surface area contributed by atoms with Crippen molar-refractivity contribution in [2.75, 3.05) is 11.1 Å². The predicted molar refractivity (Wildman–Crippen MR) is 84.4 cm³/mol. The van der Waals surface area contributed by atoms with Crippen molar-refractivity contribution in [2.24, 2.45) is 0 Å². The van der Waals surface area contributed by atoms with E-state index in [1.54, 1.807) is 23.1 Å². The van der Waals surface area contributed by atoms with E-state index in [0.717, 1.165) is 33.5 Å². The molecular formula is C13H18N4OS2. The van der Waals surface area contributed by atoms with Gasteiger partial charge in [-0.3, -0.25) is 9.89 Å². The van der Waals surface area contributed by atoms with Crippen LogP contribution in [0.3, 0.4) is 0 Å². The zero-order chi connectivity index (χ0) is 14.7. The molecule has 0 radical (unpaired) electrons. The van der Waals surface area contributed by atoms with Gasteiger partial charge in [-0.25, -0.2) is 4.98 Å². The monoisotopic (exact) mass is 310 g/mol. The first-order valence-electron chi connectivity index (χ1n) is 6.29. The minimum atomic E-state index is 0.00138. The Morgan fingerprint density at radius 2 is 2.05 bits per heavy atom. The van der Waals surface area contributed by atoms with Gasteiger partial charge in [-0.2, -0.15) is 5.10 Å². The molecule has 1 amide bonds. The number of aromatic nitrogens is 3. The van der Waals surface area contributed by atoms with Gasteiger partial charge in [0.2, 0.25) is 5.91 Å². The van der Waals surface area contributed by atoms with Gasteiger partial charge in [-0.1, -0.05) is 0 Å². The van der Waals surface area contributed by atoms with Crippen LogP contribution in [0, 0.1) is 27.7 Å². The number of carbonyl (C=O) groups is 1. The van der Waals surface area contributed by atoms with Crippen LogP contribution in [0.5, 0.6) is 0 Å². The van der Waals surface area contributed by atoms with Crippen LogP contribution < -0.4 is 5.32 Å². The molecule has 0 unspecified atom stereocenters. The Labute approximate surface area is 126 Å². The summed E-state index contributed by atoms with van der Waals surface area (Å²) in [5.74, 6) is 1.26. The summed E-state index contributed by atoms with van der Waals surface area (Å²) in [4.78, 5) is 17.5. The van der Waals surface area contributed by atoms with Gasteiger partial charge in [-0.05, 0) is 27.7 Å². The number of aromatic amines is 1. The highest BCUT2D eigenvalue weighted by Gasteiger charge is 2.11. The Morgan fingerprint density at radius 3 is 2.60 bits per heavy atom. The zero-order valence-electron chi connectivity index (χ0n) is 12.0. The lowest BCUT2D eigenvalue weighted by atomic mass is 10.3. The van der Waals surface area contributed by atoms with Crippen molar-refractivity contribution in [3.05, 3.63) is 27.0 Å². The summed E-state index contributed by atoms with van der Waals surface area (Å²) in [5.41, 5.74) is 3.56. The minimum Gasteiger partial charge on any atom is -0.322 e. The van der Waals surface area contributed by atoms with Gasteiger partial charge in [0.05, 0.1) is 33.5 Å². The Kier molecular flexibility index (Phi) is 4.82. The second-order valence-electron chi connectivity index (χ2n) is 4.59. The van der Waals surface area contributed by atoms with Crippen LogP contribution in [-0.4, -0.2) is 26.8 Å². The third-order valence-electron chi connectivity index (χ3n) is 2.86. The van der Waals surface area contributed by atoms with Crippen LogP contribution >= 0.6 is 23.1 Å². The number of carbonyl (C=O) groups excluding carboxylic acids is 1. The van der Waals surface area contributed by atoms with Crippen molar-refractivity contribution in [1.82, 2.24) is 15.2 Å². The highest BCUT2D eigenvalue weighted by molar-refractivity contribution is 7.99. The summed E-state index contributed by atoms with van der Waals surface area (Å²) < 4.78 is 0. The van der Waals surface area contributed by atoms with Gasteiger partial charge < -0.3 is 5.32 Å². The Balaban J connectivity index is 1.83. The lowest BCUT2D eigenvalue weighted by Crippen LogP contribution is -2.15. The standard InChI is InChI=1S/C13H18N4OS2/c1-7-11(20-10(4)14-7)5-19-6-12(18)15-13-8(2)16-17-9(13)3/h5-6H2,1-4H3,(H,15,18)(H,16,17). The number of amides is 1. The molecule has 0 spiro atoms. The van der Waals surface area contributed by atoms with Crippen LogP contribution in [0.4, 0.5) is 5.69 Å². The molecule has 5 nitrogen and oxygen atoms in total. The zero-order valence-corrected chi connectivity index (χ0v) is 13.7. The molecule has 0 aliphatic heterocycles. The molecule has 0 fully saturated rings. The number of thiazole rings is 1. The van der Waals surface area contributed by atoms with Crippen molar-refractivity contribution >= 4 is 34.7 Å². The first-order valence-corrected chi connectivity index (χ1v) is 8.26. The second kappa shape index (κ2) is 6.41. The lowest BCUT2D eigenvalue weighted by Gasteiger charge is -2.04. The summed E-state index contributed by atoms with van der Waals surface area (Å²) in [5, 5.41) is 10.9. The van der Waals surface area contributed by atoms with Crippen LogP contribution in [0.2, 0.25) is 0 Å². The van der Waals surface area contributed by atoms with E-state index in [4.69, 9.17) is 0 Å². The molecule has 2 N–H and O–H groups in total. The van der Waals surface area contributed by atoms with Crippen molar-refractivity contribution in [3.63, 3.8) is 0 Å². The van der Waals surface area contributed by atoms with E-state index in [1.165, 1.54) is 4.88 Å². The van der Waals surface area contributed by atoms with Gasteiger partial charge in [0.25, 0.3) is 0 Å². The molecule has 0 bridgehead atoms. The quantitative estimate of drug-likeness (QED) is 0.890. The smallest absolute Gasteiger partial charge is 0.234 e. The summed E-state index contributed by atoms with van der Waals surface area (Å²) in [7, 11) is 0. The molecule has 0 saturated carbocycles. The van der Waals surface area contributed by atoms with E-state index in [-0.39, 0.29) is 5.91 Å². The Morgan fingerprint density at radius 1 is 1.30 bits per heavy atom. The van der Waals surface area contributed by atoms with E-state index >= 15 is 0 Å². The molecule has 0 aromatic carbocycles. The van der Waals surface area contributed by atoms with Crippen LogP contribution in [0.1, 0.15) is 27.0 Å². The Hall–Kier alpha value is -1.34. The van der Waals surface area contributed by atoms with Crippen molar-refractivity contribution in [1.29, 1.82) is 0 Å². The van der Waals surface area contributed by atoms with E-state index in [2.05, 4.69) is 20.5 Å². The van der Waals surface area contributed by atoms with Gasteiger partial charge in [0.1, 0.15) is 0 Å². The molecule has 0 aliphatic rings. The van der Waals surface area contributed by atoms with Gasteiger partial charge >= 0.3 is 0 Å². The second-order valence-corrected chi connectivity index (χ2v) is 6.86.